The molecule has 2 N–H and O–H groups in total. The zero-order chi connectivity index (χ0) is 20.7. The Bertz CT molecular complexity index is 1050. The van der Waals surface area contributed by atoms with Crippen molar-refractivity contribution >= 4 is 33.0 Å². The summed E-state index contributed by atoms with van der Waals surface area (Å²) in [5, 5.41) is 5.73. The Morgan fingerprint density at radius 1 is 0.931 bits per heavy atom. The van der Waals surface area contributed by atoms with Crippen LogP contribution in [0.25, 0.3) is 0 Å². The first-order chi connectivity index (χ1) is 14.0. The minimum Gasteiger partial charge on any atom is -0.346 e. The number of amides is 2. The van der Waals surface area contributed by atoms with Crippen molar-refractivity contribution in [2.45, 2.75) is 16.7 Å². The number of aromatic nitrogens is 1. The first kappa shape index (κ1) is 20.7. The van der Waals surface area contributed by atoms with Gasteiger partial charge in [0.05, 0.1) is 4.90 Å². The van der Waals surface area contributed by atoms with Crippen molar-refractivity contribution in [2.24, 2.45) is 0 Å². The van der Waals surface area contributed by atoms with Crippen LogP contribution in [0.5, 0.6) is 0 Å². The SMILES string of the molecule is O=C(NCc1ccncc1)C(=O)NC[C@H](c1cccs1)S(=O)(=O)c1ccccc1. The van der Waals surface area contributed by atoms with E-state index in [1.807, 2.05) is 0 Å². The molecule has 0 aliphatic heterocycles. The van der Waals surface area contributed by atoms with Crippen LogP contribution in [-0.2, 0) is 26.0 Å². The third-order valence-electron chi connectivity index (χ3n) is 4.16. The Morgan fingerprint density at radius 3 is 2.28 bits per heavy atom. The predicted molar refractivity (Wildman–Crippen MR) is 110 cm³/mol. The second-order valence-electron chi connectivity index (χ2n) is 6.11. The van der Waals surface area contributed by atoms with Gasteiger partial charge in [0.1, 0.15) is 5.25 Å². The molecule has 2 amide bonds. The molecule has 7 nitrogen and oxygen atoms in total. The van der Waals surface area contributed by atoms with Crippen LogP contribution in [0.3, 0.4) is 0 Å². The maximum Gasteiger partial charge on any atom is 0.309 e. The number of hydrogen-bond donors (Lipinski definition) is 2. The first-order valence-corrected chi connectivity index (χ1v) is 11.2. The zero-order valence-electron chi connectivity index (χ0n) is 15.3. The van der Waals surface area contributed by atoms with Gasteiger partial charge in [-0.1, -0.05) is 24.3 Å². The highest BCUT2D eigenvalue weighted by Gasteiger charge is 2.31. The Balaban J connectivity index is 1.67. The van der Waals surface area contributed by atoms with Crippen LogP contribution in [0.15, 0.2) is 77.3 Å². The molecule has 150 valence electrons. The van der Waals surface area contributed by atoms with Gasteiger partial charge in [0, 0.05) is 30.4 Å². The standard InChI is InChI=1S/C20H19N3O4S2/c24-19(22-13-15-8-10-21-11-9-15)20(25)23-14-18(17-7-4-12-28-17)29(26,27)16-5-2-1-3-6-16/h1-12,18H,13-14H2,(H,22,24)(H,23,25)/t18-/m1/s1. The van der Waals surface area contributed by atoms with Gasteiger partial charge in [-0.25, -0.2) is 8.42 Å². The molecule has 0 aliphatic carbocycles. The summed E-state index contributed by atoms with van der Waals surface area (Å²) in [6.45, 7) is -0.0370. The van der Waals surface area contributed by atoms with Gasteiger partial charge in [0.15, 0.2) is 9.84 Å². The number of thiophene rings is 1. The Morgan fingerprint density at radius 2 is 1.62 bits per heavy atom. The van der Waals surface area contributed by atoms with Gasteiger partial charge in [-0.05, 0) is 41.3 Å². The average molecular weight is 430 g/mol. The minimum absolute atomic E-state index is 0.162. The van der Waals surface area contributed by atoms with Crippen LogP contribution in [0, 0.1) is 0 Å². The molecular weight excluding hydrogens is 410 g/mol. The lowest BCUT2D eigenvalue weighted by Gasteiger charge is -2.17. The molecule has 2 heterocycles. The summed E-state index contributed by atoms with van der Waals surface area (Å²) in [7, 11) is -3.74. The van der Waals surface area contributed by atoms with Crippen LogP contribution < -0.4 is 10.6 Å². The summed E-state index contributed by atoms with van der Waals surface area (Å²) < 4.78 is 26.1. The molecule has 0 aliphatic rings. The van der Waals surface area contributed by atoms with Crippen LogP contribution >= 0.6 is 11.3 Å². The molecule has 0 spiro atoms. The van der Waals surface area contributed by atoms with Crippen LogP contribution in [0.4, 0.5) is 0 Å². The van der Waals surface area contributed by atoms with E-state index in [1.54, 1.807) is 60.2 Å². The lowest BCUT2D eigenvalue weighted by atomic mass is 10.3. The molecule has 0 radical (unpaired) electrons. The maximum absolute atomic E-state index is 13.1. The third-order valence-corrected chi connectivity index (χ3v) is 7.40. The van der Waals surface area contributed by atoms with E-state index in [0.717, 1.165) is 5.56 Å². The predicted octanol–water partition coefficient (Wildman–Crippen LogP) is 2.09. The van der Waals surface area contributed by atoms with Gasteiger partial charge in [-0.15, -0.1) is 11.3 Å². The van der Waals surface area contributed by atoms with E-state index in [-0.39, 0.29) is 18.0 Å². The van der Waals surface area contributed by atoms with E-state index >= 15 is 0 Å². The molecule has 0 bridgehead atoms. The highest BCUT2D eigenvalue weighted by atomic mass is 32.2. The second-order valence-corrected chi connectivity index (χ2v) is 9.22. The van der Waals surface area contributed by atoms with Gasteiger partial charge < -0.3 is 10.6 Å². The molecule has 3 rings (SSSR count). The topological polar surface area (TPSA) is 105 Å². The van der Waals surface area contributed by atoms with Gasteiger partial charge in [-0.3, -0.25) is 14.6 Å². The quantitative estimate of drug-likeness (QED) is 0.560. The van der Waals surface area contributed by atoms with Crippen LogP contribution in [0.2, 0.25) is 0 Å². The Labute approximate surface area is 172 Å². The number of hydrogen-bond acceptors (Lipinski definition) is 6. The largest absolute Gasteiger partial charge is 0.346 e. The molecule has 29 heavy (non-hydrogen) atoms. The summed E-state index contributed by atoms with van der Waals surface area (Å²) in [5.41, 5.74) is 0.796. The fourth-order valence-electron chi connectivity index (χ4n) is 2.64. The van der Waals surface area contributed by atoms with Crippen molar-refractivity contribution in [2.75, 3.05) is 6.54 Å². The Hall–Kier alpha value is -3.04. The molecule has 0 saturated heterocycles. The van der Waals surface area contributed by atoms with E-state index in [4.69, 9.17) is 0 Å². The third kappa shape index (κ3) is 5.27. The van der Waals surface area contributed by atoms with Crippen LogP contribution in [-0.4, -0.2) is 31.8 Å². The molecule has 1 aromatic carbocycles. The van der Waals surface area contributed by atoms with Crippen molar-refractivity contribution in [3.05, 3.63) is 82.8 Å². The van der Waals surface area contributed by atoms with Gasteiger partial charge in [0.2, 0.25) is 0 Å². The summed E-state index contributed by atoms with van der Waals surface area (Å²) in [5.74, 6) is -1.72. The maximum atomic E-state index is 13.1. The normalized spacial score (nSPS) is 12.1. The number of benzene rings is 1. The Kier molecular flexibility index (Phi) is 6.73. The number of rotatable bonds is 7. The second kappa shape index (κ2) is 9.44. The van der Waals surface area contributed by atoms with Gasteiger partial charge >= 0.3 is 11.8 Å². The van der Waals surface area contributed by atoms with Crippen LogP contribution in [0.1, 0.15) is 15.7 Å². The molecule has 3 aromatic rings. The van der Waals surface area contributed by atoms with E-state index in [9.17, 15) is 18.0 Å². The van der Waals surface area contributed by atoms with Crippen molar-refractivity contribution in [1.29, 1.82) is 0 Å². The summed E-state index contributed by atoms with van der Waals surface area (Å²) in [6.07, 6.45) is 3.17. The first-order valence-electron chi connectivity index (χ1n) is 8.76. The van der Waals surface area contributed by atoms with Gasteiger partial charge in [-0.2, -0.15) is 0 Å². The summed E-state index contributed by atoms with van der Waals surface area (Å²) in [4.78, 5) is 28.9. The molecule has 0 unspecified atom stereocenters. The number of carbonyl (C=O) groups is 2. The zero-order valence-corrected chi connectivity index (χ0v) is 16.9. The lowest BCUT2D eigenvalue weighted by molar-refractivity contribution is -0.139. The fraction of sp³-hybridized carbons (Fsp3) is 0.150. The monoisotopic (exact) mass is 429 g/mol. The molecule has 1 atom stereocenters. The fourth-order valence-corrected chi connectivity index (χ4v) is 5.45. The molecule has 9 heteroatoms. The average Bonchev–Trinajstić information content (AvgIpc) is 3.27. The van der Waals surface area contributed by atoms with Gasteiger partial charge in [0.25, 0.3) is 0 Å². The van der Waals surface area contributed by atoms with Crippen molar-refractivity contribution in [3.8, 4) is 0 Å². The highest BCUT2D eigenvalue weighted by Crippen LogP contribution is 2.31. The number of nitrogens with zero attached hydrogens (tertiary/aromatic N) is 1. The number of carbonyl (C=O) groups excluding carboxylic acids is 2. The van der Waals surface area contributed by atoms with E-state index in [2.05, 4.69) is 15.6 Å². The van der Waals surface area contributed by atoms with E-state index in [0.29, 0.717) is 4.88 Å². The van der Waals surface area contributed by atoms with Crippen molar-refractivity contribution in [3.63, 3.8) is 0 Å². The minimum atomic E-state index is -3.74. The van der Waals surface area contributed by atoms with E-state index < -0.39 is 26.9 Å². The number of nitrogens with one attached hydrogen (secondary N) is 2. The highest BCUT2D eigenvalue weighted by molar-refractivity contribution is 7.91. The summed E-state index contributed by atoms with van der Waals surface area (Å²) >= 11 is 1.28. The smallest absolute Gasteiger partial charge is 0.309 e. The molecule has 0 saturated carbocycles. The molecular formula is C20H19N3O4S2. The van der Waals surface area contributed by atoms with E-state index in [1.165, 1.54) is 23.5 Å². The van der Waals surface area contributed by atoms with Crippen molar-refractivity contribution < 1.29 is 18.0 Å². The summed E-state index contributed by atoms with van der Waals surface area (Å²) in [6, 6.07) is 14.9. The number of sulfone groups is 1. The molecule has 0 fully saturated rings. The number of pyridine rings is 1. The lowest BCUT2D eigenvalue weighted by Crippen LogP contribution is -2.42. The van der Waals surface area contributed by atoms with Crippen molar-refractivity contribution in [1.82, 2.24) is 15.6 Å². The molecule has 2 aromatic heterocycles.